The third kappa shape index (κ3) is 10.7. The second-order valence-electron chi connectivity index (χ2n) is 12.8. The molecule has 0 heterocycles. The van der Waals surface area contributed by atoms with Crippen molar-refractivity contribution in [1.82, 2.24) is 9.44 Å². The Morgan fingerprint density at radius 3 is 1.15 bits per heavy atom. The zero-order valence-electron chi connectivity index (χ0n) is 28.8. The highest BCUT2D eigenvalue weighted by atomic mass is 32.2. The predicted octanol–water partition coefficient (Wildman–Crippen LogP) is 6.49. The van der Waals surface area contributed by atoms with Crippen molar-refractivity contribution in [3.63, 3.8) is 0 Å². The molecule has 0 unspecified atom stereocenters. The highest BCUT2D eigenvalue weighted by molar-refractivity contribution is 7.84. The van der Waals surface area contributed by atoms with E-state index in [1.165, 1.54) is 0 Å². The number of carbonyl (C=O) groups excluding carboxylic acids is 2. The van der Waals surface area contributed by atoms with Crippen LogP contribution in [0.25, 0.3) is 0 Å². The minimum absolute atomic E-state index is 0.198. The normalized spacial score (nSPS) is 17.1. The van der Waals surface area contributed by atoms with Crippen LogP contribution in [0.4, 0.5) is 8.78 Å². The first kappa shape index (κ1) is 41.5. The van der Waals surface area contributed by atoms with Gasteiger partial charge in [-0.15, -0.1) is 0 Å². The van der Waals surface area contributed by atoms with Crippen LogP contribution in [0.1, 0.15) is 92.2 Å². The Bertz CT molecular complexity index is 1190. The van der Waals surface area contributed by atoms with Gasteiger partial charge in [-0.1, -0.05) is 87.4 Å². The maximum atomic E-state index is 15.8. The summed E-state index contributed by atoms with van der Waals surface area (Å²) in [6.07, 6.45) is 1.97. The van der Waals surface area contributed by atoms with Gasteiger partial charge in [-0.05, 0) is 54.4 Å². The van der Waals surface area contributed by atoms with Crippen LogP contribution in [0.15, 0.2) is 60.7 Å². The molecule has 2 aromatic rings. The average molecular weight is 687 g/mol. The fraction of sp³-hybridized carbons (Fsp3) is 0.588. The van der Waals surface area contributed by atoms with E-state index in [2.05, 4.69) is 9.44 Å². The van der Waals surface area contributed by atoms with Crippen molar-refractivity contribution < 1.29 is 36.3 Å². The van der Waals surface area contributed by atoms with E-state index in [0.717, 1.165) is 14.2 Å². The van der Waals surface area contributed by atoms with E-state index in [1.54, 1.807) is 102 Å². The lowest BCUT2D eigenvalue weighted by Crippen LogP contribution is -2.53. The number of ether oxygens (including phenoxy) is 2. The summed E-state index contributed by atoms with van der Waals surface area (Å²) >= 11 is 0. The molecule has 0 saturated heterocycles. The smallest absolute Gasteiger partial charge is 0.350 e. The van der Waals surface area contributed by atoms with Crippen LogP contribution < -0.4 is 9.44 Å². The first-order chi connectivity index (χ1) is 21.3. The molecular formula is C34H52F2N2O6S2. The number of nitrogens with one attached hydrogen (secondary N) is 2. The number of rotatable bonds is 14. The van der Waals surface area contributed by atoms with Gasteiger partial charge < -0.3 is 9.47 Å². The van der Waals surface area contributed by atoms with Gasteiger partial charge in [0.25, 0.3) is 0 Å². The van der Waals surface area contributed by atoms with E-state index in [-0.39, 0.29) is 11.1 Å². The molecule has 0 saturated carbocycles. The summed E-state index contributed by atoms with van der Waals surface area (Å²) < 4.78 is 70.4. The monoisotopic (exact) mass is 686 g/mol. The molecule has 0 aliphatic carbocycles. The van der Waals surface area contributed by atoms with Crippen LogP contribution in [0.3, 0.4) is 0 Å². The Kier molecular flexibility index (Phi) is 16.3. The molecule has 2 N–H and O–H groups in total. The largest absolute Gasteiger partial charge is 0.466 e. The molecule has 6 atom stereocenters. The maximum absolute atomic E-state index is 15.8. The molecule has 0 aromatic heterocycles. The summed E-state index contributed by atoms with van der Waals surface area (Å²) in [5, 5.41) is 0. The van der Waals surface area contributed by atoms with Gasteiger partial charge >= 0.3 is 11.9 Å². The molecule has 46 heavy (non-hydrogen) atoms. The predicted molar refractivity (Wildman–Crippen MR) is 182 cm³/mol. The number of methoxy groups -OCH3 is 2. The zero-order valence-corrected chi connectivity index (χ0v) is 30.4. The molecule has 2 rings (SSSR count). The first-order valence-corrected chi connectivity index (χ1v) is 17.7. The highest BCUT2D eigenvalue weighted by Gasteiger charge is 2.51. The van der Waals surface area contributed by atoms with E-state index >= 15 is 8.78 Å². The number of carbonyl (C=O) groups is 2. The average Bonchev–Trinajstić information content (AvgIpc) is 3.02. The number of esters is 2. The second-order valence-corrected chi connectivity index (χ2v) is 16.8. The van der Waals surface area contributed by atoms with Crippen molar-refractivity contribution >= 4 is 33.9 Å². The second kappa shape index (κ2) is 18.1. The van der Waals surface area contributed by atoms with Crippen molar-refractivity contribution in [1.29, 1.82) is 0 Å². The van der Waals surface area contributed by atoms with Crippen molar-refractivity contribution in [3.05, 3.63) is 71.8 Å². The molecule has 0 aliphatic heterocycles. The van der Waals surface area contributed by atoms with E-state index in [0.29, 0.717) is 25.7 Å². The van der Waals surface area contributed by atoms with Crippen LogP contribution in [0.2, 0.25) is 0 Å². The molecule has 0 radical (unpaired) electrons. The Labute approximate surface area is 279 Å². The van der Waals surface area contributed by atoms with E-state index < -0.39 is 66.8 Å². The van der Waals surface area contributed by atoms with Crippen molar-refractivity contribution in [2.45, 2.75) is 114 Å². The molecule has 260 valence electrons. The Morgan fingerprint density at radius 2 is 0.935 bits per heavy atom. The van der Waals surface area contributed by atoms with Gasteiger partial charge in [-0.2, -0.15) is 0 Å². The molecule has 0 aliphatic rings. The lowest BCUT2D eigenvalue weighted by atomic mass is 9.86. The van der Waals surface area contributed by atoms with Gasteiger partial charge in [-0.3, -0.25) is 0 Å². The maximum Gasteiger partial charge on any atom is 0.350 e. The van der Waals surface area contributed by atoms with E-state index in [1.807, 2.05) is 13.8 Å². The van der Waals surface area contributed by atoms with Crippen molar-refractivity contribution in [3.8, 4) is 0 Å². The van der Waals surface area contributed by atoms with Crippen LogP contribution in [-0.2, 0) is 52.4 Å². The third-order valence-electron chi connectivity index (χ3n) is 7.08. The first-order valence-electron chi connectivity index (χ1n) is 15.4. The van der Waals surface area contributed by atoms with Gasteiger partial charge in [0.15, 0.2) is 0 Å². The minimum atomic E-state index is -2.40. The summed E-state index contributed by atoms with van der Waals surface area (Å²) in [6.45, 7) is 14.5. The third-order valence-corrected chi connectivity index (χ3v) is 10.3. The molecule has 0 bridgehead atoms. The summed E-state index contributed by atoms with van der Waals surface area (Å²) in [7, 11) is -0.699. The van der Waals surface area contributed by atoms with Gasteiger partial charge in [0.1, 0.15) is 0 Å². The fourth-order valence-electron chi connectivity index (χ4n) is 4.45. The molecule has 12 heteroatoms. The lowest BCUT2D eigenvalue weighted by molar-refractivity contribution is -0.158. The van der Waals surface area contributed by atoms with Gasteiger partial charge in [0.05, 0.1) is 57.8 Å². The molecule has 8 nitrogen and oxygen atoms in total. The summed E-state index contributed by atoms with van der Waals surface area (Å²) in [4.78, 5) is 24.5. The van der Waals surface area contributed by atoms with Crippen LogP contribution in [0.5, 0.6) is 0 Å². The quantitative estimate of drug-likeness (QED) is 0.220. The number of alkyl halides is 2. The van der Waals surface area contributed by atoms with E-state index in [4.69, 9.17) is 9.47 Å². The number of hydrogen-bond acceptors (Lipinski definition) is 6. The minimum Gasteiger partial charge on any atom is -0.466 e. The fourth-order valence-corrected chi connectivity index (χ4v) is 6.23. The summed E-state index contributed by atoms with van der Waals surface area (Å²) in [5.74, 6) is -1.97. The van der Waals surface area contributed by atoms with Crippen LogP contribution >= 0.6 is 0 Å². The SMILES string of the molecule is CCC[C@@H](N[S@](=O)C(C)(C)C)[C@@](F)(C(=O)OC)c1ccccc1.CCC[C@@H](N[S@](=O)C(C)(C)C)[C@@](F)(C(=O)OC)c1ccccc1. The summed E-state index contributed by atoms with van der Waals surface area (Å²) in [6, 6.07) is 14.4. The van der Waals surface area contributed by atoms with Gasteiger partial charge in [0.2, 0.25) is 11.3 Å². The lowest BCUT2D eigenvalue weighted by Gasteiger charge is -2.33. The molecule has 2 aromatic carbocycles. The Morgan fingerprint density at radius 1 is 0.652 bits per heavy atom. The number of halogens is 2. The number of hydrogen-bond donors (Lipinski definition) is 2. The molecule has 0 amide bonds. The Hall–Kier alpha value is -2.54. The van der Waals surface area contributed by atoms with Crippen molar-refractivity contribution in [2.75, 3.05) is 14.2 Å². The van der Waals surface area contributed by atoms with E-state index in [9.17, 15) is 18.0 Å². The molecule has 0 fully saturated rings. The topological polar surface area (TPSA) is 111 Å². The summed E-state index contributed by atoms with van der Waals surface area (Å²) in [5.41, 5.74) is -4.40. The van der Waals surface area contributed by atoms with Crippen molar-refractivity contribution in [2.24, 2.45) is 0 Å². The number of benzene rings is 2. The highest BCUT2D eigenvalue weighted by Crippen LogP contribution is 2.36. The Balaban J connectivity index is 0.000000460. The van der Waals surface area contributed by atoms with Gasteiger partial charge in [0, 0.05) is 11.1 Å². The van der Waals surface area contributed by atoms with Crippen LogP contribution in [-0.4, -0.2) is 56.2 Å². The van der Waals surface area contributed by atoms with Crippen LogP contribution in [0, 0.1) is 0 Å². The standard InChI is InChI=1S/2C17H26FNO3S/c2*1-6-10-14(19-23(21)16(2,3)4)17(18,15(20)22-5)13-11-8-7-9-12-13/h2*7-9,11-12,14,19H,6,10H2,1-5H3/t2*14-,17-,23-/m11/s1. The van der Waals surface area contributed by atoms with Gasteiger partial charge in [-0.25, -0.2) is 36.2 Å². The molecular weight excluding hydrogens is 635 g/mol. The zero-order chi connectivity index (χ0) is 35.3. The molecule has 0 spiro atoms.